The summed E-state index contributed by atoms with van der Waals surface area (Å²) in [6, 6.07) is 1.22. The number of phenolic OH excluding ortho intramolecular Hbond substituents is 3. The molecule has 1 aromatic carbocycles. The van der Waals surface area contributed by atoms with E-state index >= 15 is 0 Å². The first-order valence-corrected chi connectivity index (χ1v) is 6.14. The average Bonchev–Trinajstić information content (AvgIpc) is 2.88. The number of aromatic hydroxyl groups is 3. The van der Waals surface area contributed by atoms with E-state index in [-0.39, 0.29) is 35.8 Å². The summed E-state index contributed by atoms with van der Waals surface area (Å²) in [5, 5.41) is 40.4. The Morgan fingerprint density at radius 2 is 1.95 bits per heavy atom. The minimum Gasteiger partial charge on any atom is -0.508 e. The predicted molar refractivity (Wildman–Crippen MR) is 72.0 cm³/mol. The number of rotatable bonds is 6. The van der Waals surface area contributed by atoms with Gasteiger partial charge in [0, 0.05) is 42.6 Å². The van der Waals surface area contributed by atoms with Crippen molar-refractivity contribution in [1.82, 2.24) is 15.3 Å². The number of imidazole rings is 1. The van der Waals surface area contributed by atoms with Crippen LogP contribution in [0.1, 0.15) is 11.3 Å². The normalized spacial score (nSPS) is 12.2. The summed E-state index contributed by atoms with van der Waals surface area (Å²) in [4.78, 5) is 17.8. The number of phenols is 3. The van der Waals surface area contributed by atoms with E-state index in [0.717, 1.165) is 12.1 Å². The Morgan fingerprint density at radius 1 is 1.29 bits per heavy atom. The fourth-order valence-electron chi connectivity index (χ4n) is 1.90. The number of aromatic nitrogens is 2. The molecule has 0 radical (unpaired) electrons. The van der Waals surface area contributed by atoms with Crippen molar-refractivity contribution in [3.05, 3.63) is 35.9 Å². The van der Waals surface area contributed by atoms with Crippen molar-refractivity contribution in [2.45, 2.75) is 19.0 Å². The number of hydrogen-bond donors (Lipinski definition) is 6. The molecule has 8 heteroatoms. The van der Waals surface area contributed by atoms with E-state index in [1.807, 2.05) is 0 Å². The highest BCUT2D eigenvalue weighted by Gasteiger charge is 2.19. The van der Waals surface area contributed by atoms with E-state index in [4.69, 9.17) is 0 Å². The molecular formula is C13H15N3O5. The smallest absolute Gasteiger partial charge is 0.321 e. The lowest BCUT2D eigenvalue weighted by Gasteiger charge is -2.15. The first-order valence-electron chi connectivity index (χ1n) is 6.14. The standard InChI is InChI=1S/C13H15N3O5/c17-8-2-11(18)9(12(19)3-8)5-15-10(13(20)21)1-7-4-14-6-16-7/h2-4,6,10,15,17-19H,1,5H2,(H,14,16)(H,20,21)/t10-/m0/s1. The molecule has 0 fully saturated rings. The third-order valence-electron chi connectivity index (χ3n) is 2.99. The third kappa shape index (κ3) is 3.63. The van der Waals surface area contributed by atoms with Gasteiger partial charge in [0.2, 0.25) is 0 Å². The monoisotopic (exact) mass is 293 g/mol. The lowest BCUT2D eigenvalue weighted by atomic mass is 10.1. The molecule has 0 spiro atoms. The van der Waals surface area contributed by atoms with Gasteiger partial charge in [-0.1, -0.05) is 0 Å². The van der Waals surface area contributed by atoms with E-state index in [1.54, 1.807) is 0 Å². The van der Waals surface area contributed by atoms with Gasteiger partial charge < -0.3 is 25.4 Å². The molecule has 2 aromatic rings. The van der Waals surface area contributed by atoms with Crippen LogP contribution in [-0.2, 0) is 17.8 Å². The van der Waals surface area contributed by atoms with Crippen LogP contribution in [0.15, 0.2) is 24.7 Å². The minimum atomic E-state index is -1.07. The second-order valence-electron chi connectivity index (χ2n) is 4.52. The number of nitrogens with one attached hydrogen (secondary N) is 2. The molecule has 21 heavy (non-hydrogen) atoms. The van der Waals surface area contributed by atoms with Crippen LogP contribution in [0.5, 0.6) is 17.2 Å². The number of aromatic amines is 1. The van der Waals surface area contributed by atoms with E-state index < -0.39 is 12.0 Å². The van der Waals surface area contributed by atoms with Crippen LogP contribution in [-0.4, -0.2) is 42.4 Å². The maximum atomic E-state index is 11.2. The van der Waals surface area contributed by atoms with Gasteiger partial charge in [-0.05, 0) is 0 Å². The minimum absolute atomic E-state index is 0.0664. The summed E-state index contributed by atoms with van der Waals surface area (Å²) in [6.07, 6.45) is 3.15. The second kappa shape index (κ2) is 6.14. The predicted octanol–water partition coefficient (Wildman–Crippen LogP) is 0.312. The molecule has 1 aromatic heterocycles. The summed E-state index contributed by atoms with van der Waals surface area (Å²) in [7, 11) is 0. The Kier molecular flexibility index (Phi) is 4.29. The van der Waals surface area contributed by atoms with Crippen LogP contribution in [0.3, 0.4) is 0 Å². The van der Waals surface area contributed by atoms with Gasteiger partial charge in [-0.25, -0.2) is 4.98 Å². The molecule has 8 nitrogen and oxygen atoms in total. The van der Waals surface area contributed by atoms with Crippen molar-refractivity contribution in [2.24, 2.45) is 0 Å². The quantitative estimate of drug-likeness (QED) is 0.450. The lowest BCUT2D eigenvalue weighted by Crippen LogP contribution is -2.38. The van der Waals surface area contributed by atoms with Crippen molar-refractivity contribution < 1.29 is 25.2 Å². The largest absolute Gasteiger partial charge is 0.508 e. The van der Waals surface area contributed by atoms with Crippen molar-refractivity contribution in [3.63, 3.8) is 0 Å². The van der Waals surface area contributed by atoms with E-state index in [2.05, 4.69) is 15.3 Å². The molecule has 0 aliphatic heterocycles. The number of benzene rings is 1. The highest BCUT2D eigenvalue weighted by Crippen LogP contribution is 2.31. The van der Waals surface area contributed by atoms with Gasteiger partial charge in [0.1, 0.15) is 23.3 Å². The van der Waals surface area contributed by atoms with Crippen molar-refractivity contribution in [3.8, 4) is 17.2 Å². The average molecular weight is 293 g/mol. The van der Waals surface area contributed by atoms with Gasteiger partial charge in [-0.2, -0.15) is 0 Å². The zero-order valence-electron chi connectivity index (χ0n) is 10.9. The van der Waals surface area contributed by atoms with Crippen molar-refractivity contribution in [2.75, 3.05) is 0 Å². The van der Waals surface area contributed by atoms with Crippen LogP contribution in [0.4, 0.5) is 0 Å². The molecule has 0 aliphatic rings. The van der Waals surface area contributed by atoms with Gasteiger partial charge in [0.15, 0.2) is 0 Å². The molecule has 0 aliphatic carbocycles. The number of nitrogens with zero attached hydrogens (tertiary/aromatic N) is 1. The number of hydrogen-bond acceptors (Lipinski definition) is 6. The summed E-state index contributed by atoms with van der Waals surface area (Å²) >= 11 is 0. The first-order chi connectivity index (χ1) is 9.97. The van der Waals surface area contributed by atoms with Crippen LogP contribution < -0.4 is 5.32 Å². The van der Waals surface area contributed by atoms with Crippen LogP contribution >= 0.6 is 0 Å². The molecular weight excluding hydrogens is 278 g/mol. The fourth-order valence-corrected chi connectivity index (χ4v) is 1.90. The molecule has 1 atom stereocenters. The van der Waals surface area contributed by atoms with Gasteiger partial charge in [-0.3, -0.25) is 10.1 Å². The molecule has 6 N–H and O–H groups in total. The lowest BCUT2D eigenvalue weighted by molar-refractivity contribution is -0.139. The number of carboxylic acids is 1. The van der Waals surface area contributed by atoms with E-state index in [0.29, 0.717) is 5.69 Å². The molecule has 0 bridgehead atoms. The molecule has 0 amide bonds. The van der Waals surface area contributed by atoms with E-state index in [9.17, 15) is 25.2 Å². The SMILES string of the molecule is O=C(O)[C@H](Cc1cnc[nH]1)NCc1c(O)cc(O)cc1O. The maximum Gasteiger partial charge on any atom is 0.321 e. The Morgan fingerprint density at radius 3 is 2.48 bits per heavy atom. The number of H-pyrrole nitrogens is 1. The molecule has 1 heterocycles. The number of carbonyl (C=O) groups is 1. The van der Waals surface area contributed by atoms with Crippen molar-refractivity contribution in [1.29, 1.82) is 0 Å². The van der Waals surface area contributed by atoms with Crippen LogP contribution in [0.25, 0.3) is 0 Å². The summed E-state index contributed by atoms with van der Waals surface area (Å²) in [5.74, 6) is -1.97. The first kappa shape index (κ1) is 14.7. The van der Waals surface area contributed by atoms with Gasteiger partial charge >= 0.3 is 5.97 Å². The van der Waals surface area contributed by atoms with Gasteiger partial charge in [0.05, 0.1) is 6.33 Å². The topological polar surface area (TPSA) is 139 Å². The summed E-state index contributed by atoms with van der Waals surface area (Å²) in [6.45, 7) is -0.0664. The Balaban J connectivity index is 2.07. The Hall–Kier alpha value is -2.74. The summed E-state index contributed by atoms with van der Waals surface area (Å²) in [5.41, 5.74) is 0.762. The van der Waals surface area contributed by atoms with Crippen molar-refractivity contribution >= 4 is 5.97 Å². The number of carboxylic acid groups (broad SMARTS) is 1. The zero-order chi connectivity index (χ0) is 15.4. The molecule has 0 saturated heterocycles. The molecule has 0 unspecified atom stereocenters. The molecule has 2 rings (SSSR count). The highest BCUT2D eigenvalue weighted by atomic mass is 16.4. The van der Waals surface area contributed by atoms with E-state index in [1.165, 1.54) is 12.5 Å². The van der Waals surface area contributed by atoms with Crippen LogP contribution in [0.2, 0.25) is 0 Å². The summed E-state index contributed by atoms with van der Waals surface area (Å²) < 4.78 is 0. The van der Waals surface area contributed by atoms with Gasteiger partial charge in [-0.15, -0.1) is 0 Å². The third-order valence-corrected chi connectivity index (χ3v) is 2.99. The van der Waals surface area contributed by atoms with Gasteiger partial charge in [0.25, 0.3) is 0 Å². The molecule has 0 saturated carbocycles. The Labute approximate surface area is 119 Å². The van der Waals surface area contributed by atoms with Crippen LogP contribution in [0, 0.1) is 0 Å². The number of aliphatic carboxylic acids is 1. The maximum absolute atomic E-state index is 11.2. The Bertz CT molecular complexity index is 604. The fraction of sp³-hybridized carbons (Fsp3) is 0.231. The zero-order valence-corrected chi connectivity index (χ0v) is 10.9. The second-order valence-corrected chi connectivity index (χ2v) is 4.52. The highest BCUT2D eigenvalue weighted by molar-refractivity contribution is 5.73. The molecule has 112 valence electrons.